The molecule has 0 fully saturated rings. The average molecular weight is 324 g/mol. The van der Waals surface area contributed by atoms with E-state index in [2.05, 4.69) is 6.92 Å². The van der Waals surface area contributed by atoms with Crippen molar-refractivity contribution >= 4 is 45.6 Å². The van der Waals surface area contributed by atoms with Gasteiger partial charge in [0, 0.05) is 6.42 Å². The molecular formula is C14H21NaO5S. The maximum absolute atomic E-state index is 11.5. The van der Waals surface area contributed by atoms with Gasteiger partial charge in [-0.05, 0) is 30.7 Å². The summed E-state index contributed by atoms with van der Waals surface area (Å²) in [5.41, 5.74) is 0. The van der Waals surface area contributed by atoms with Gasteiger partial charge in [-0.1, -0.05) is 32.6 Å². The number of esters is 1. The number of hydrogen-bond donors (Lipinski definition) is 1. The van der Waals surface area contributed by atoms with Gasteiger partial charge >= 0.3 is 35.5 Å². The van der Waals surface area contributed by atoms with Crippen LogP contribution in [0.2, 0.25) is 0 Å². The van der Waals surface area contributed by atoms with Crippen molar-refractivity contribution in [3.63, 3.8) is 0 Å². The van der Waals surface area contributed by atoms with Crippen LogP contribution >= 0.6 is 0 Å². The maximum atomic E-state index is 11.5. The quantitative estimate of drug-likeness (QED) is 0.261. The van der Waals surface area contributed by atoms with Crippen molar-refractivity contribution in [2.75, 3.05) is 0 Å². The van der Waals surface area contributed by atoms with Crippen molar-refractivity contribution in [1.82, 2.24) is 0 Å². The van der Waals surface area contributed by atoms with Crippen molar-refractivity contribution in [1.29, 1.82) is 0 Å². The summed E-state index contributed by atoms with van der Waals surface area (Å²) in [4.78, 5) is 11.3. The van der Waals surface area contributed by atoms with Crippen LogP contribution in [-0.4, -0.2) is 48.5 Å². The predicted octanol–water partition coefficient (Wildman–Crippen LogP) is 2.55. The van der Waals surface area contributed by atoms with Crippen molar-refractivity contribution < 1.29 is 22.5 Å². The molecule has 5 nitrogen and oxygen atoms in total. The van der Waals surface area contributed by atoms with E-state index in [0.717, 1.165) is 25.7 Å². The molecule has 1 aromatic rings. The van der Waals surface area contributed by atoms with Gasteiger partial charge in [0.05, 0.1) is 4.90 Å². The standard InChI is InChI=1S/C14H20O5S.Na.H/c1-2-3-4-5-6-7-14(15)19-12-8-10-13(11-9-12)20(16,17)18;;/h8-11H,2-7H2,1H3,(H,16,17,18);;. The second kappa shape index (κ2) is 10.3. The number of unbranched alkanes of at least 4 members (excludes halogenated alkanes) is 4. The first-order valence-corrected chi connectivity index (χ1v) is 8.15. The zero-order chi connectivity index (χ0) is 15.0. The molecule has 0 spiro atoms. The molecule has 0 radical (unpaired) electrons. The Hall–Kier alpha value is -0.400. The Morgan fingerprint density at radius 3 is 2.19 bits per heavy atom. The third-order valence-corrected chi connectivity index (χ3v) is 3.71. The summed E-state index contributed by atoms with van der Waals surface area (Å²) < 4.78 is 35.6. The molecule has 7 heteroatoms. The van der Waals surface area contributed by atoms with Crippen LogP contribution in [0.25, 0.3) is 0 Å². The summed E-state index contributed by atoms with van der Waals surface area (Å²) in [5, 5.41) is 0. The Bertz CT molecular complexity index is 525. The second-order valence-corrected chi connectivity index (χ2v) is 6.01. The molecule has 0 saturated carbocycles. The number of benzene rings is 1. The van der Waals surface area contributed by atoms with Gasteiger partial charge in [-0.3, -0.25) is 9.35 Å². The number of ether oxygens (including phenoxy) is 1. The van der Waals surface area contributed by atoms with E-state index < -0.39 is 10.1 Å². The predicted molar refractivity (Wildman–Crippen MR) is 82.4 cm³/mol. The van der Waals surface area contributed by atoms with Gasteiger partial charge in [0.25, 0.3) is 10.1 Å². The fraction of sp³-hybridized carbons (Fsp3) is 0.500. The Labute approximate surface area is 148 Å². The zero-order valence-corrected chi connectivity index (χ0v) is 12.4. The van der Waals surface area contributed by atoms with E-state index in [0.29, 0.717) is 6.42 Å². The molecule has 0 aliphatic heterocycles. The van der Waals surface area contributed by atoms with Crippen molar-refractivity contribution in [2.24, 2.45) is 0 Å². The van der Waals surface area contributed by atoms with Gasteiger partial charge in [-0.2, -0.15) is 8.42 Å². The zero-order valence-electron chi connectivity index (χ0n) is 11.5. The van der Waals surface area contributed by atoms with Gasteiger partial charge in [-0.15, -0.1) is 0 Å². The fourth-order valence-electron chi connectivity index (χ4n) is 1.74. The van der Waals surface area contributed by atoms with E-state index in [1.807, 2.05) is 0 Å². The molecule has 0 aliphatic carbocycles. The first kappa shape index (κ1) is 20.6. The van der Waals surface area contributed by atoms with E-state index >= 15 is 0 Å². The molecule has 0 heterocycles. The second-order valence-electron chi connectivity index (χ2n) is 4.58. The first-order chi connectivity index (χ1) is 9.43. The monoisotopic (exact) mass is 324 g/mol. The first-order valence-electron chi connectivity index (χ1n) is 6.71. The molecule has 1 N–H and O–H groups in total. The van der Waals surface area contributed by atoms with Crippen LogP contribution in [0.4, 0.5) is 0 Å². The molecule has 114 valence electrons. The van der Waals surface area contributed by atoms with Gasteiger partial charge in [0.1, 0.15) is 5.75 Å². The molecule has 1 aromatic carbocycles. The molecule has 0 atom stereocenters. The molecule has 1 rings (SSSR count). The normalized spacial score (nSPS) is 10.8. The van der Waals surface area contributed by atoms with Crippen LogP contribution in [-0.2, 0) is 14.9 Å². The van der Waals surface area contributed by atoms with Gasteiger partial charge < -0.3 is 4.74 Å². The third kappa shape index (κ3) is 8.58. The SMILES string of the molecule is CCCCCCCC(=O)Oc1ccc(S(=O)(=O)O)cc1.[NaH]. The van der Waals surface area contributed by atoms with Crippen LogP contribution in [0.15, 0.2) is 29.2 Å². The molecule has 21 heavy (non-hydrogen) atoms. The van der Waals surface area contributed by atoms with Crippen LogP contribution < -0.4 is 4.74 Å². The van der Waals surface area contributed by atoms with Gasteiger partial charge in [-0.25, -0.2) is 0 Å². The minimum atomic E-state index is -4.21. The molecule has 0 unspecified atom stereocenters. The average Bonchev–Trinajstić information content (AvgIpc) is 2.38. The van der Waals surface area contributed by atoms with Crippen molar-refractivity contribution in [3.8, 4) is 5.75 Å². The van der Waals surface area contributed by atoms with E-state index in [-0.39, 0.29) is 46.2 Å². The molecule has 0 amide bonds. The Morgan fingerprint density at radius 1 is 1.10 bits per heavy atom. The molecule has 0 aliphatic rings. The van der Waals surface area contributed by atoms with Crippen LogP contribution in [0.3, 0.4) is 0 Å². The Kier molecular flexibility index (Phi) is 10.1. The third-order valence-electron chi connectivity index (χ3n) is 2.84. The van der Waals surface area contributed by atoms with Crippen LogP contribution in [0.1, 0.15) is 45.4 Å². The molecule has 0 bridgehead atoms. The molecule has 0 saturated heterocycles. The minimum absolute atomic E-state index is 0. The summed E-state index contributed by atoms with van der Waals surface area (Å²) in [6, 6.07) is 5.08. The van der Waals surface area contributed by atoms with Crippen molar-refractivity contribution in [3.05, 3.63) is 24.3 Å². The van der Waals surface area contributed by atoms with E-state index in [9.17, 15) is 13.2 Å². The van der Waals surface area contributed by atoms with Crippen molar-refractivity contribution in [2.45, 2.75) is 50.3 Å². The number of hydrogen-bond acceptors (Lipinski definition) is 4. The van der Waals surface area contributed by atoms with Gasteiger partial charge in [0.15, 0.2) is 0 Å². The Balaban J connectivity index is 0.00000400. The Morgan fingerprint density at radius 2 is 1.67 bits per heavy atom. The van der Waals surface area contributed by atoms with E-state index in [1.165, 1.54) is 30.7 Å². The topological polar surface area (TPSA) is 80.7 Å². The summed E-state index contributed by atoms with van der Waals surface area (Å²) in [5.74, 6) is -0.0583. The fourth-order valence-corrected chi connectivity index (χ4v) is 2.22. The van der Waals surface area contributed by atoms with Gasteiger partial charge in [0.2, 0.25) is 0 Å². The van der Waals surface area contributed by atoms with Crippen LogP contribution in [0, 0.1) is 0 Å². The number of carbonyl (C=O) groups excluding carboxylic acids is 1. The van der Waals surface area contributed by atoms with Crippen LogP contribution in [0.5, 0.6) is 5.75 Å². The summed E-state index contributed by atoms with van der Waals surface area (Å²) >= 11 is 0. The summed E-state index contributed by atoms with van der Waals surface area (Å²) in [6.07, 6.45) is 5.60. The summed E-state index contributed by atoms with van der Waals surface area (Å²) in [7, 11) is -4.21. The summed E-state index contributed by atoms with van der Waals surface area (Å²) in [6.45, 7) is 2.13. The van der Waals surface area contributed by atoms with E-state index in [1.54, 1.807) is 0 Å². The molecular weight excluding hydrogens is 303 g/mol. The molecule has 0 aromatic heterocycles. The van der Waals surface area contributed by atoms with E-state index in [4.69, 9.17) is 9.29 Å². The number of rotatable bonds is 8. The number of carbonyl (C=O) groups is 1.